The molecular weight excluding hydrogens is 360 g/mol. The Morgan fingerprint density at radius 1 is 1.35 bits per heavy atom. The van der Waals surface area contributed by atoms with Crippen molar-refractivity contribution in [2.75, 3.05) is 26.0 Å². The van der Waals surface area contributed by atoms with Gasteiger partial charge in [0.1, 0.15) is 5.75 Å². The largest absolute Gasteiger partial charge is 0.497 e. The van der Waals surface area contributed by atoms with Crippen molar-refractivity contribution >= 4 is 21.9 Å². The van der Waals surface area contributed by atoms with Crippen molar-refractivity contribution in [2.24, 2.45) is 5.92 Å². The van der Waals surface area contributed by atoms with E-state index in [0.717, 1.165) is 0 Å². The minimum Gasteiger partial charge on any atom is -0.497 e. The Balaban J connectivity index is 2.10. The van der Waals surface area contributed by atoms with Crippen molar-refractivity contribution < 1.29 is 27.9 Å². The Morgan fingerprint density at radius 3 is 2.54 bits per heavy atom. The first kappa shape index (κ1) is 20.2. The SMILES string of the molecule is CCS(=O)(=O)N1CCCC(C(=O)NC(C(=O)O)c2ccc(OC)cc2)C1. The lowest BCUT2D eigenvalue weighted by atomic mass is 9.97. The summed E-state index contributed by atoms with van der Waals surface area (Å²) in [6.45, 7) is 2.03. The smallest absolute Gasteiger partial charge is 0.330 e. The standard InChI is InChI=1S/C17H24N2O6S/c1-3-26(23,24)19-10-4-5-13(11-19)16(20)18-15(17(21)22)12-6-8-14(25-2)9-7-12/h6-9,13,15H,3-5,10-11H2,1-2H3,(H,18,20)(H,21,22). The van der Waals surface area contributed by atoms with Gasteiger partial charge in [0.05, 0.1) is 18.8 Å². The van der Waals surface area contributed by atoms with E-state index >= 15 is 0 Å². The summed E-state index contributed by atoms with van der Waals surface area (Å²) in [5.74, 6) is -1.64. The first-order valence-electron chi connectivity index (χ1n) is 8.43. The molecule has 26 heavy (non-hydrogen) atoms. The van der Waals surface area contributed by atoms with E-state index in [4.69, 9.17) is 4.74 Å². The molecule has 1 fully saturated rings. The van der Waals surface area contributed by atoms with Crippen LogP contribution in [0.5, 0.6) is 5.75 Å². The van der Waals surface area contributed by atoms with Crippen LogP contribution in [0.3, 0.4) is 0 Å². The number of carbonyl (C=O) groups excluding carboxylic acids is 1. The molecule has 2 atom stereocenters. The van der Waals surface area contributed by atoms with Crippen molar-refractivity contribution in [1.29, 1.82) is 0 Å². The molecule has 1 aliphatic rings. The van der Waals surface area contributed by atoms with Gasteiger partial charge in [0, 0.05) is 13.1 Å². The molecule has 0 aromatic heterocycles. The van der Waals surface area contributed by atoms with E-state index in [9.17, 15) is 23.1 Å². The van der Waals surface area contributed by atoms with Crippen molar-refractivity contribution in [3.8, 4) is 5.75 Å². The molecule has 2 unspecified atom stereocenters. The van der Waals surface area contributed by atoms with Gasteiger partial charge >= 0.3 is 5.97 Å². The highest BCUT2D eigenvalue weighted by molar-refractivity contribution is 7.89. The average Bonchev–Trinajstić information content (AvgIpc) is 2.66. The highest BCUT2D eigenvalue weighted by Crippen LogP contribution is 2.22. The van der Waals surface area contributed by atoms with E-state index in [1.165, 1.54) is 11.4 Å². The second kappa shape index (κ2) is 8.50. The number of piperidine rings is 1. The molecule has 144 valence electrons. The highest BCUT2D eigenvalue weighted by atomic mass is 32.2. The Hall–Kier alpha value is -2.13. The third kappa shape index (κ3) is 4.73. The van der Waals surface area contributed by atoms with Crippen molar-refractivity contribution in [2.45, 2.75) is 25.8 Å². The van der Waals surface area contributed by atoms with Crippen molar-refractivity contribution in [1.82, 2.24) is 9.62 Å². The maximum absolute atomic E-state index is 12.5. The van der Waals surface area contributed by atoms with Gasteiger partial charge in [-0.1, -0.05) is 12.1 Å². The summed E-state index contributed by atoms with van der Waals surface area (Å²) in [4.78, 5) is 24.1. The summed E-state index contributed by atoms with van der Waals surface area (Å²) in [6, 6.07) is 5.19. The zero-order chi connectivity index (χ0) is 19.3. The van der Waals surface area contributed by atoms with Gasteiger partial charge in [-0.3, -0.25) is 4.79 Å². The Morgan fingerprint density at radius 2 is 2.00 bits per heavy atom. The first-order chi connectivity index (χ1) is 12.3. The van der Waals surface area contributed by atoms with Crippen LogP contribution in [-0.4, -0.2) is 55.7 Å². The number of carboxylic acids is 1. The fourth-order valence-corrected chi connectivity index (χ4v) is 4.12. The molecule has 0 aliphatic carbocycles. The maximum Gasteiger partial charge on any atom is 0.330 e. The lowest BCUT2D eigenvalue weighted by Gasteiger charge is -2.31. The van der Waals surface area contributed by atoms with Crippen LogP contribution in [-0.2, 0) is 19.6 Å². The van der Waals surface area contributed by atoms with E-state index < -0.39 is 33.9 Å². The highest BCUT2D eigenvalue weighted by Gasteiger charge is 2.33. The number of rotatable bonds is 7. The molecule has 8 nitrogen and oxygen atoms in total. The Labute approximate surface area is 153 Å². The summed E-state index contributed by atoms with van der Waals surface area (Å²) < 4.78 is 30.4. The predicted molar refractivity (Wildman–Crippen MR) is 95.3 cm³/mol. The topological polar surface area (TPSA) is 113 Å². The maximum atomic E-state index is 12.5. The molecule has 0 bridgehead atoms. The number of methoxy groups -OCH3 is 1. The summed E-state index contributed by atoms with van der Waals surface area (Å²) in [6.07, 6.45) is 1.09. The number of carboxylic acid groups (broad SMARTS) is 1. The van der Waals surface area contributed by atoms with Gasteiger partial charge in [0.25, 0.3) is 0 Å². The lowest BCUT2D eigenvalue weighted by molar-refractivity contribution is -0.143. The molecule has 1 aromatic carbocycles. The molecule has 2 rings (SSSR count). The van der Waals surface area contributed by atoms with Gasteiger partial charge in [0.2, 0.25) is 15.9 Å². The molecule has 0 saturated carbocycles. The van der Waals surface area contributed by atoms with Gasteiger partial charge in [0.15, 0.2) is 6.04 Å². The molecule has 9 heteroatoms. The zero-order valence-corrected chi connectivity index (χ0v) is 15.7. The number of amides is 1. The predicted octanol–water partition coefficient (Wildman–Crippen LogP) is 0.999. The number of nitrogens with zero attached hydrogens (tertiary/aromatic N) is 1. The van der Waals surface area contributed by atoms with Crippen LogP contribution >= 0.6 is 0 Å². The fraction of sp³-hybridized carbons (Fsp3) is 0.529. The van der Waals surface area contributed by atoms with E-state index in [-0.39, 0.29) is 12.3 Å². The van der Waals surface area contributed by atoms with Gasteiger partial charge in [-0.15, -0.1) is 0 Å². The molecule has 1 aliphatic heterocycles. The van der Waals surface area contributed by atoms with Crippen LogP contribution < -0.4 is 10.1 Å². The number of aliphatic carboxylic acids is 1. The van der Waals surface area contributed by atoms with Gasteiger partial charge in [-0.2, -0.15) is 0 Å². The summed E-state index contributed by atoms with van der Waals surface area (Å²) in [5.41, 5.74) is 0.417. The summed E-state index contributed by atoms with van der Waals surface area (Å²) >= 11 is 0. The second-order valence-electron chi connectivity index (χ2n) is 6.15. The van der Waals surface area contributed by atoms with Crippen molar-refractivity contribution in [3.63, 3.8) is 0 Å². The summed E-state index contributed by atoms with van der Waals surface area (Å²) in [7, 11) is -1.86. The molecule has 2 N–H and O–H groups in total. The third-order valence-corrected chi connectivity index (χ3v) is 6.34. The van der Waals surface area contributed by atoms with Crippen LogP contribution in [0.15, 0.2) is 24.3 Å². The van der Waals surface area contributed by atoms with Crippen molar-refractivity contribution in [3.05, 3.63) is 29.8 Å². The van der Waals surface area contributed by atoms with E-state index in [0.29, 0.717) is 30.7 Å². The molecule has 1 amide bonds. The van der Waals surface area contributed by atoms with E-state index in [1.54, 1.807) is 31.2 Å². The molecule has 1 saturated heterocycles. The second-order valence-corrected chi connectivity index (χ2v) is 8.41. The third-order valence-electron chi connectivity index (χ3n) is 4.50. The van der Waals surface area contributed by atoms with Gasteiger partial charge in [-0.05, 0) is 37.5 Å². The minimum absolute atomic E-state index is 0.0229. The Kier molecular flexibility index (Phi) is 6.60. The number of sulfonamides is 1. The lowest BCUT2D eigenvalue weighted by Crippen LogP contribution is -2.47. The first-order valence-corrected chi connectivity index (χ1v) is 10.0. The number of carbonyl (C=O) groups is 2. The molecule has 0 radical (unpaired) electrons. The van der Waals surface area contributed by atoms with Crippen LogP contribution in [0.25, 0.3) is 0 Å². The number of ether oxygens (including phenoxy) is 1. The van der Waals surface area contributed by atoms with Crippen LogP contribution in [0.1, 0.15) is 31.4 Å². The fourth-order valence-electron chi connectivity index (χ4n) is 2.94. The van der Waals surface area contributed by atoms with E-state index in [1.807, 2.05) is 0 Å². The van der Waals surface area contributed by atoms with Crippen LogP contribution in [0.4, 0.5) is 0 Å². The molecule has 1 heterocycles. The molecule has 1 aromatic rings. The quantitative estimate of drug-likeness (QED) is 0.725. The van der Waals surface area contributed by atoms with Crippen LogP contribution in [0, 0.1) is 5.92 Å². The molecular formula is C17H24N2O6S. The van der Waals surface area contributed by atoms with Gasteiger partial charge < -0.3 is 15.2 Å². The zero-order valence-electron chi connectivity index (χ0n) is 14.8. The number of benzene rings is 1. The van der Waals surface area contributed by atoms with Gasteiger partial charge in [-0.25, -0.2) is 17.5 Å². The average molecular weight is 384 g/mol. The number of hydrogen-bond donors (Lipinski definition) is 2. The van der Waals surface area contributed by atoms with E-state index in [2.05, 4.69) is 5.32 Å². The normalized spacial score (nSPS) is 19.5. The van der Waals surface area contributed by atoms with Crippen LogP contribution in [0.2, 0.25) is 0 Å². The molecule has 0 spiro atoms. The monoisotopic (exact) mass is 384 g/mol. The number of hydrogen-bond acceptors (Lipinski definition) is 5. The minimum atomic E-state index is -3.37. The Bertz CT molecular complexity index is 747. The number of nitrogens with one attached hydrogen (secondary N) is 1. The summed E-state index contributed by atoms with van der Waals surface area (Å²) in [5, 5.41) is 12.0.